The number of ether oxygens (including phenoxy) is 1. The Morgan fingerprint density at radius 2 is 2.10 bits per heavy atom. The van der Waals surface area contributed by atoms with Crippen molar-refractivity contribution >= 4 is 23.0 Å². The van der Waals surface area contributed by atoms with Gasteiger partial charge in [0.25, 0.3) is 5.69 Å². The Morgan fingerprint density at radius 1 is 1.33 bits per heavy atom. The van der Waals surface area contributed by atoms with Crippen molar-refractivity contribution in [2.45, 2.75) is 6.54 Å². The maximum atomic E-state index is 13.7. The fraction of sp³-hybridized carbons (Fsp3) is 0.143. The van der Waals surface area contributed by atoms with Crippen LogP contribution in [0.15, 0.2) is 36.4 Å². The monoisotopic (exact) mass is 310 g/mol. The summed E-state index contributed by atoms with van der Waals surface area (Å²) in [6, 6.07) is 8.57. The first-order valence-corrected chi connectivity index (χ1v) is 6.39. The molecule has 0 aromatic heterocycles. The van der Waals surface area contributed by atoms with E-state index in [-0.39, 0.29) is 12.2 Å². The lowest BCUT2D eigenvalue weighted by Crippen LogP contribution is -2.03. The fourth-order valence-electron chi connectivity index (χ4n) is 1.80. The molecule has 5 nitrogen and oxygen atoms in total. The highest BCUT2D eigenvalue weighted by Gasteiger charge is 2.11. The summed E-state index contributed by atoms with van der Waals surface area (Å²) >= 11 is 5.68. The third-order valence-corrected chi connectivity index (χ3v) is 3.12. The van der Waals surface area contributed by atoms with Crippen LogP contribution in [0, 0.1) is 15.9 Å². The number of hydrogen-bond acceptors (Lipinski definition) is 4. The second-order valence-corrected chi connectivity index (χ2v) is 4.67. The van der Waals surface area contributed by atoms with Gasteiger partial charge in [0, 0.05) is 23.2 Å². The standard InChI is InChI=1S/C14H12ClFN2O3/c1-21-14-7-11(18(19)20)4-5-13(14)17-8-9-2-3-10(15)6-12(9)16/h2-7,17H,8H2,1H3. The van der Waals surface area contributed by atoms with Crippen LogP contribution in [0.25, 0.3) is 0 Å². The van der Waals surface area contributed by atoms with Crippen LogP contribution in [0.4, 0.5) is 15.8 Å². The van der Waals surface area contributed by atoms with Crippen LogP contribution in [0.5, 0.6) is 5.75 Å². The minimum absolute atomic E-state index is 0.0740. The number of rotatable bonds is 5. The number of nitrogens with zero attached hydrogens (tertiary/aromatic N) is 1. The van der Waals surface area contributed by atoms with Gasteiger partial charge in [-0.25, -0.2) is 4.39 Å². The molecule has 0 aliphatic heterocycles. The Bertz CT molecular complexity index is 679. The largest absolute Gasteiger partial charge is 0.494 e. The van der Waals surface area contributed by atoms with Crippen molar-refractivity contribution in [2.24, 2.45) is 0 Å². The summed E-state index contributed by atoms with van der Waals surface area (Å²) in [6.07, 6.45) is 0. The SMILES string of the molecule is COc1cc([N+](=O)[O-])ccc1NCc1ccc(Cl)cc1F. The Balaban J connectivity index is 2.17. The number of nitro benzene ring substituents is 1. The van der Waals surface area contributed by atoms with Crippen LogP contribution in [-0.4, -0.2) is 12.0 Å². The molecule has 0 saturated heterocycles. The van der Waals surface area contributed by atoms with E-state index in [1.165, 1.54) is 31.4 Å². The van der Waals surface area contributed by atoms with E-state index < -0.39 is 10.7 Å². The van der Waals surface area contributed by atoms with Crippen molar-refractivity contribution in [3.05, 3.63) is 62.9 Å². The molecule has 7 heteroatoms. The molecule has 110 valence electrons. The lowest BCUT2D eigenvalue weighted by atomic mass is 10.2. The van der Waals surface area contributed by atoms with Gasteiger partial charge in [-0.1, -0.05) is 17.7 Å². The van der Waals surface area contributed by atoms with Crippen molar-refractivity contribution in [1.82, 2.24) is 0 Å². The summed E-state index contributed by atoms with van der Waals surface area (Å²) in [5.41, 5.74) is 0.896. The Labute approximate surface area is 125 Å². The zero-order chi connectivity index (χ0) is 15.4. The van der Waals surface area contributed by atoms with Gasteiger partial charge in [-0.2, -0.15) is 0 Å². The maximum absolute atomic E-state index is 13.7. The van der Waals surface area contributed by atoms with E-state index in [9.17, 15) is 14.5 Å². The molecule has 0 radical (unpaired) electrons. The highest BCUT2D eigenvalue weighted by molar-refractivity contribution is 6.30. The van der Waals surface area contributed by atoms with Crippen LogP contribution in [0.3, 0.4) is 0 Å². The van der Waals surface area contributed by atoms with Crippen molar-refractivity contribution < 1.29 is 14.1 Å². The minimum atomic E-state index is -0.509. The van der Waals surface area contributed by atoms with E-state index in [1.807, 2.05) is 0 Å². The van der Waals surface area contributed by atoms with Gasteiger partial charge in [0.1, 0.15) is 11.6 Å². The highest BCUT2D eigenvalue weighted by atomic mass is 35.5. The van der Waals surface area contributed by atoms with E-state index in [4.69, 9.17) is 16.3 Å². The molecule has 1 N–H and O–H groups in total. The molecule has 0 bridgehead atoms. The van der Waals surface area contributed by atoms with Crippen LogP contribution < -0.4 is 10.1 Å². The molecule has 2 aromatic carbocycles. The molecule has 2 aromatic rings. The number of benzene rings is 2. The Kier molecular flexibility index (Phi) is 4.59. The zero-order valence-electron chi connectivity index (χ0n) is 11.1. The first kappa shape index (κ1) is 15.1. The van der Waals surface area contributed by atoms with Crippen LogP contribution in [-0.2, 0) is 6.54 Å². The van der Waals surface area contributed by atoms with Gasteiger partial charge in [0.2, 0.25) is 0 Å². The molecule has 0 saturated carbocycles. The van der Waals surface area contributed by atoms with Crippen molar-refractivity contribution in [3.8, 4) is 5.75 Å². The summed E-state index contributed by atoms with van der Waals surface area (Å²) in [5.74, 6) is -0.102. The van der Waals surface area contributed by atoms with Crippen LogP contribution >= 0.6 is 11.6 Å². The molecule has 0 amide bonds. The van der Waals surface area contributed by atoms with Gasteiger partial charge in [-0.05, 0) is 18.2 Å². The summed E-state index contributed by atoms with van der Waals surface area (Å²) in [4.78, 5) is 10.2. The summed E-state index contributed by atoms with van der Waals surface area (Å²) < 4.78 is 18.8. The quantitative estimate of drug-likeness (QED) is 0.669. The highest BCUT2D eigenvalue weighted by Crippen LogP contribution is 2.29. The fourth-order valence-corrected chi connectivity index (χ4v) is 1.95. The number of methoxy groups -OCH3 is 1. The number of anilines is 1. The van der Waals surface area contributed by atoms with E-state index in [2.05, 4.69) is 5.32 Å². The molecule has 0 heterocycles. The third-order valence-electron chi connectivity index (χ3n) is 2.88. The first-order chi connectivity index (χ1) is 10.0. The second-order valence-electron chi connectivity index (χ2n) is 4.23. The smallest absolute Gasteiger partial charge is 0.273 e. The van der Waals surface area contributed by atoms with E-state index in [1.54, 1.807) is 12.1 Å². The summed E-state index contributed by atoms with van der Waals surface area (Å²) in [6.45, 7) is 0.206. The van der Waals surface area contributed by atoms with E-state index in [0.717, 1.165) is 0 Å². The lowest BCUT2D eigenvalue weighted by molar-refractivity contribution is -0.384. The van der Waals surface area contributed by atoms with Gasteiger partial charge >= 0.3 is 0 Å². The molecule has 21 heavy (non-hydrogen) atoms. The number of nitro groups is 1. The third kappa shape index (κ3) is 3.61. The van der Waals surface area contributed by atoms with Gasteiger partial charge in [0.15, 0.2) is 0 Å². The number of halogens is 2. The summed E-state index contributed by atoms with van der Waals surface area (Å²) in [5, 5.41) is 14.0. The summed E-state index contributed by atoms with van der Waals surface area (Å²) in [7, 11) is 1.41. The van der Waals surface area contributed by atoms with Crippen LogP contribution in [0.2, 0.25) is 5.02 Å². The number of non-ortho nitro benzene ring substituents is 1. The Morgan fingerprint density at radius 3 is 2.71 bits per heavy atom. The maximum Gasteiger partial charge on any atom is 0.273 e. The van der Waals surface area contributed by atoms with Crippen molar-refractivity contribution in [1.29, 1.82) is 0 Å². The molecule has 0 atom stereocenters. The molecule has 0 aliphatic carbocycles. The zero-order valence-corrected chi connectivity index (χ0v) is 11.9. The molecule has 0 unspecified atom stereocenters. The van der Waals surface area contributed by atoms with E-state index >= 15 is 0 Å². The average Bonchev–Trinajstić information content (AvgIpc) is 2.46. The molecule has 0 aliphatic rings. The Hall–Kier alpha value is -2.34. The minimum Gasteiger partial charge on any atom is -0.494 e. The van der Waals surface area contributed by atoms with Gasteiger partial charge in [-0.15, -0.1) is 0 Å². The molecule has 0 fully saturated rings. The number of hydrogen-bond donors (Lipinski definition) is 1. The first-order valence-electron chi connectivity index (χ1n) is 6.01. The number of nitrogens with one attached hydrogen (secondary N) is 1. The topological polar surface area (TPSA) is 64.4 Å². The predicted octanol–water partition coefficient (Wildman–Crippen LogP) is 4.01. The van der Waals surface area contributed by atoms with Crippen LogP contribution in [0.1, 0.15) is 5.56 Å². The molecule has 2 rings (SSSR count). The molecule has 0 spiro atoms. The van der Waals surface area contributed by atoms with Crippen molar-refractivity contribution in [3.63, 3.8) is 0 Å². The normalized spacial score (nSPS) is 10.2. The average molecular weight is 311 g/mol. The van der Waals surface area contributed by atoms with Crippen molar-refractivity contribution in [2.75, 3.05) is 12.4 Å². The van der Waals surface area contributed by atoms with Gasteiger partial charge in [0.05, 0.1) is 23.8 Å². The molecular weight excluding hydrogens is 299 g/mol. The van der Waals surface area contributed by atoms with Gasteiger partial charge < -0.3 is 10.1 Å². The lowest BCUT2D eigenvalue weighted by Gasteiger charge is -2.11. The second kappa shape index (κ2) is 6.41. The molecular formula is C14H12ClFN2O3. The van der Waals surface area contributed by atoms with Gasteiger partial charge in [-0.3, -0.25) is 10.1 Å². The van der Waals surface area contributed by atoms with E-state index in [0.29, 0.717) is 22.0 Å². The predicted molar refractivity (Wildman–Crippen MR) is 78.4 cm³/mol.